The molecule has 0 aliphatic rings. The maximum absolute atomic E-state index is 4.27. The molecule has 0 aliphatic heterocycles. The molecule has 1 heterocycles. The summed E-state index contributed by atoms with van der Waals surface area (Å²) in [7, 11) is 2.00. The van der Waals surface area contributed by atoms with Crippen LogP contribution in [-0.2, 0) is 0 Å². The third kappa shape index (κ3) is 2.84. The zero-order valence-corrected chi connectivity index (χ0v) is 9.50. The molecule has 0 aliphatic carbocycles. The van der Waals surface area contributed by atoms with Crippen molar-refractivity contribution < 1.29 is 0 Å². The van der Waals surface area contributed by atoms with Gasteiger partial charge in [0.25, 0.3) is 0 Å². The standard InChI is InChI=1S/C10H13BrN2/c1-8(2)7-13(3)10-9(11)5-4-6-12-10/h4-6H,1,7H2,2-3H3. The van der Waals surface area contributed by atoms with Crippen LogP contribution in [0.15, 0.2) is 35.0 Å². The molecule has 1 aromatic rings. The van der Waals surface area contributed by atoms with E-state index < -0.39 is 0 Å². The number of nitrogens with zero attached hydrogens (tertiary/aromatic N) is 2. The van der Waals surface area contributed by atoms with Gasteiger partial charge in [-0.15, -0.1) is 0 Å². The van der Waals surface area contributed by atoms with Crippen molar-refractivity contribution in [3.63, 3.8) is 0 Å². The Morgan fingerprint density at radius 1 is 1.69 bits per heavy atom. The van der Waals surface area contributed by atoms with E-state index in [-0.39, 0.29) is 0 Å². The third-order valence-corrected chi connectivity index (χ3v) is 2.23. The maximum Gasteiger partial charge on any atom is 0.142 e. The molecule has 0 spiro atoms. The van der Waals surface area contributed by atoms with Crippen LogP contribution in [0, 0.1) is 0 Å². The van der Waals surface area contributed by atoms with Crippen LogP contribution >= 0.6 is 15.9 Å². The summed E-state index contributed by atoms with van der Waals surface area (Å²) >= 11 is 3.45. The quantitative estimate of drug-likeness (QED) is 0.756. The van der Waals surface area contributed by atoms with Crippen molar-refractivity contribution in [1.82, 2.24) is 4.98 Å². The molecule has 0 unspecified atom stereocenters. The number of hydrogen-bond acceptors (Lipinski definition) is 2. The van der Waals surface area contributed by atoms with Gasteiger partial charge in [-0.1, -0.05) is 12.2 Å². The van der Waals surface area contributed by atoms with Crippen molar-refractivity contribution in [2.45, 2.75) is 6.92 Å². The summed E-state index contributed by atoms with van der Waals surface area (Å²) in [6, 6.07) is 3.89. The van der Waals surface area contributed by atoms with E-state index in [2.05, 4.69) is 32.4 Å². The Morgan fingerprint density at radius 3 is 2.92 bits per heavy atom. The highest BCUT2D eigenvalue weighted by molar-refractivity contribution is 9.10. The molecular formula is C10H13BrN2. The number of halogens is 1. The number of aromatic nitrogens is 1. The van der Waals surface area contributed by atoms with Crippen molar-refractivity contribution in [3.05, 3.63) is 35.0 Å². The second kappa shape index (κ2) is 4.42. The fraction of sp³-hybridized carbons (Fsp3) is 0.300. The van der Waals surface area contributed by atoms with E-state index in [1.165, 1.54) is 0 Å². The van der Waals surface area contributed by atoms with Crippen LogP contribution in [0.2, 0.25) is 0 Å². The second-order valence-corrected chi connectivity index (χ2v) is 3.98. The number of likely N-dealkylation sites (N-methyl/N-ethyl adjacent to an activating group) is 1. The summed E-state index contributed by atoms with van der Waals surface area (Å²) in [5.41, 5.74) is 1.13. The van der Waals surface area contributed by atoms with Gasteiger partial charge in [-0.3, -0.25) is 0 Å². The Balaban J connectivity index is 2.82. The summed E-state index contributed by atoms with van der Waals surface area (Å²) in [5, 5.41) is 0. The molecule has 3 heteroatoms. The highest BCUT2D eigenvalue weighted by Crippen LogP contribution is 2.21. The van der Waals surface area contributed by atoms with Crippen LogP contribution in [0.1, 0.15) is 6.92 Å². The van der Waals surface area contributed by atoms with E-state index in [1.54, 1.807) is 6.20 Å². The predicted molar refractivity (Wildman–Crippen MR) is 60.0 cm³/mol. The first-order valence-corrected chi connectivity index (χ1v) is 4.86. The highest BCUT2D eigenvalue weighted by Gasteiger charge is 2.05. The lowest BCUT2D eigenvalue weighted by Gasteiger charge is -2.18. The Kier molecular flexibility index (Phi) is 3.48. The lowest BCUT2D eigenvalue weighted by Crippen LogP contribution is -2.20. The van der Waals surface area contributed by atoms with Gasteiger partial charge in [-0.05, 0) is 35.0 Å². The Hall–Kier alpha value is -0.830. The van der Waals surface area contributed by atoms with Gasteiger partial charge in [-0.25, -0.2) is 4.98 Å². The number of rotatable bonds is 3. The fourth-order valence-corrected chi connectivity index (χ4v) is 1.70. The zero-order chi connectivity index (χ0) is 9.84. The van der Waals surface area contributed by atoms with Gasteiger partial charge < -0.3 is 4.90 Å². The smallest absolute Gasteiger partial charge is 0.142 e. The molecule has 0 atom stereocenters. The van der Waals surface area contributed by atoms with Crippen LogP contribution in [0.25, 0.3) is 0 Å². The van der Waals surface area contributed by atoms with E-state index in [4.69, 9.17) is 0 Å². The van der Waals surface area contributed by atoms with Gasteiger partial charge in [0.15, 0.2) is 0 Å². The van der Waals surface area contributed by atoms with E-state index in [9.17, 15) is 0 Å². The zero-order valence-electron chi connectivity index (χ0n) is 7.92. The van der Waals surface area contributed by atoms with E-state index in [1.807, 2.05) is 26.1 Å². The average molecular weight is 241 g/mol. The molecule has 0 fully saturated rings. The molecule has 1 rings (SSSR count). The summed E-state index contributed by atoms with van der Waals surface area (Å²) in [5.74, 6) is 0.950. The van der Waals surface area contributed by atoms with Crippen LogP contribution in [0.4, 0.5) is 5.82 Å². The molecule has 0 N–H and O–H groups in total. The van der Waals surface area contributed by atoms with Gasteiger partial charge in [0.2, 0.25) is 0 Å². The predicted octanol–water partition coefficient (Wildman–Crippen LogP) is 2.86. The molecule has 0 aromatic carbocycles. The third-order valence-electron chi connectivity index (χ3n) is 1.61. The molecule has 0 bridgehead atoms. The van der Waals surface area contributed by atoms with Gasteiger partial charge in [0.1, 0.15) is 5.82 Å². The topological polar surface area (TPSA) is 16.1 Å². The minimum absolute atomic E-state index is 0.829. The lowest BCUT2D eigenvalue weighted by molar-refractivity contribution is 0.949. The lowest BCUT2D eigenvalue weighted by atomic mass is 10.3. The Labute approximate surface area is 87.4 Å². The van der Waals surface area contributed by atoms with Crippen molar-refractivity contribution in [2.75, 3.05) is 18.5 Å². The monoisotopic (exact) mass is 240 g/mol. The van der Waals surface area contributed by atoms with Crippen molar-refractivity contribution in [1.29, 1.82) is 0 Å². The molecule has 0 saturated heterocycles. The molecule has 70 valence electrons. The Morgan fingerprint density at radius 2 is 2.38 bits per heavy atom. The van der Waals surface area contributed by atoms with E-state index in [0.29, 0.717) is 0 Å². The van der Waals surface area contributed by atoms with Crippen molar-refractivity contribution >= 4 is 21.7 Å². The van der Waals surface area contributed by atoms with E-state index in [0.717, 1.165) is 22.4 Å². The van der Waals surface area contributed by atoms with Crippen molar-refractivity contribution in [2.24, 2.45) is 0 Å². The molecule has 13 heavy (non-hydrogen) atoms. The van der Waals surface area contributed by atoms with Crippen LogP contribution in [0.3, 0.4) is 0 Å². The first-order valence-electron chi connectivity index (χ1n) is 4.07. The van der Waals surface area contributed by atoms with Crippen LogP contribution < -0.4 is 4.90 Å². The number of pyridine rings is 1. The second-order valence-electron chi connectivity index (χ2n) is 3.12. The molecule has 2 nitrogen and oxygen atoms in total. The fourth-order valence-electron chi connectivity index (χ4n) is 1.14. The first-order chi connectivity index (χ1) is 6.11. The minimum atomic E-state index is 0.829. The van der Waals surface area contributed by atoms with E-state index >= 15 is 0 Å². The Bertz CT molecular complexity index is 310. The molecule has 0 amide bonds. The summed E-state index contributed by atoms with van der Waals surface area (Å²) < 4.78 is 1.01. The first kappa shape index (κ1) is 10.3. The highest BCUT2D eigenvalue weighted by atomic mass is 79.9. The van der Waals surface area contributed by atoms with Crippen LogP contribution in [0.5, 0.6) is 0 Å². The van der Waals surface area contributed by atoms with Gasteiger partial charge in [-0.2, -0.15) is 0 Å². The van der Waals surface area contributed by atoms with Crippen molar-refractivity contribution in [3.8, 4) is 0 Å². The molecule has 0 saturated carbocycles. The SMILES string of the molecule is C=C(C)CN(C)c1ncccc1Br. The van der Waals surface area contributed by atoms with Gasteiger partial charge >= 0.3 is 0 Å². The van der Waals surface area contributed by atoms with Crippen LogP contribution in [-0.4, -0.2) is 18.6 Å². The summed E-state index contributed by atoms with van der Waals surface area (Å²) in [6.45, 7) is 6.70. The van der Waals surface area contributed by atoms with Gasteiger partial charge in [0.05, 0.1) is 4.47 Å². The normalized spacial score (nSPS) is 9.77. The summed E-state index contributed by atoms with van der Waals surface area (Å²) in [4.78, 5) is 6.33. The number of hydrogen-bond donors (Lipinski definition) is 0. The maximum atomic E-state index is 4.27. The minimum Gasteiger partial charge on any atom is -0.355 e. The largest absolute Gasteiger partial charge is 0.355 e. The summed E-state index contributed by atoms with van der Waals surface area (Å²) in [6.07, 6.45) is 1.79. The molecule has 0 radical (unpaired) electrons. The van der Waals surface area contributed by atoms with Gasteiger partial charge in [0, 0.05) is 19.8 Å². The molecule has 1 aromatic heterocycles. The average Bonchev–Trinajstić information content (AvgIpc) is 2.03. The number of anilines is 1. The molecular weight excluding hydrogens is 228 g/mol.